The van der Waals surface area contributed by atoms with Crippen LogP contribution in [0.2, 0.25) is 0 Å². The molecular formula is C14H14N2. The number of pyridine rings is 1. The first-order chi connectivity index (χ1) is 7.83. The summed E-state index contributed by atoms with van der Waals surface area (Å²) in [5.74, 6) is 0. The third-order valence-electron chi connectivity index (χ3n) is 3.12. The van der Waals surface area contributed by atoms with Gasteiger partial charge in [0.2, 0.25) is 0 Å². The minimum Gasteiger partial charge on any atom is -0.378 e. The summed E-state index contributed by atoms with van der Waals surface area (Å²) in [6.07, 6.45) is 4.78. The number of anilines is 1. The largest absolute Gasteiger partial charge is 0.378 e. The van der Waals surface area contributed by atoms with E-state index >= 15 is 0 Å². The second-order valence-corrected chi connectivity index (χ2v) is 4.34. The number of aryl methyl sites for hydroxylation is 1. The average Bonchev–Trinajstić information content (AvgIpc) is 2.73. The number of aromatic nitrogens is 1. The van der Waals surface area contributed by atoms with Crippen molar-refractivity contribution in [3.05, 3.63) is 59.4 Å². The van der Waals surface area contributed by atoms with Crippen molar-refractivity contribution >= 4 is 5.69 Å². The van der Waals surface area contributed by atoms with Crippen LogP contribution in [0.3, 0.4) is 0 Å². The van der Waals surface area contributed by atoms with Gasteiger partial charge in [0.05, 0.1) is 6.04 Å². The molecule has 1 unspecified atom stereocenters. The van der Waals surface area contributed by atoms with Gasteiger partial charge in [-0.25, -0.2) is 0 Å². The molecule has 1 atom stereocenters. The van der Waals surface area contributed by atoms with E-state index in [9.17, 15) is 0 Å². The molecule has 0 fully saturated rings. The molecule has 0 radical (unpaired) electrons. The normalized spacial score (nSPS) is 17.9. The first-order valence-electron chi connectivity index (χ1n) is 5.59. The third kappa shape index (κ3) is 1.56. The molecule has 0 saturated heterocycles. The summed E-state index contributed by atoms with van der Waals surface area (Å²) < 4.78 is 0. The summed E-state index contributed by atoms with van der Waals surface area (Å²) in [4.78, 5) is 4.05. The Morgan fingerprint density at radius 2 is 2.00 bits per heavy atom. The number of nitrogens with zero attached hydrogens (tertiary/aromatic N) is 1. The van der Waals surface area contributed by atoms with Crippen molar-refractivity contribution in [2.75, 3.05) is 5.32 Å². The van der Waals surface area contributed by atoms with Crippen LogP contribution in [0.25, 0.3) is 0 Å². The van der Waals surface area contributed by atoms with Gasteiger partial charge in [0.25, 0.3) is 0 Å². The number of rotatable bonds is 1. The molecule has 80 valence electrons. The number of hydrogen-bond donors (Lipinski definition) is 1. The zero-order valence-corrected chi connectivity index (χ0v) is 9.27. The molecule has 0 saturated carbocycles. The van der Waals surface area contributed by atoms with Gasteiger partial charge in [-0.2, -0.15) is 0 Å². The van der Waals surface area contributed by atoms with Gasteiger partial charge < -0.3 is 5.32 Å². The Morgan fingerprint density at radius 3 is 2.81 bits per heavy atom. The summed E-state index contributed by atoms with van der Waals surface area (Å²) in [5.41, 5.74) is 5.33. The van der Waals surface area contributed by atoms with Crippen LogP contribution < -0.4 is 5.32 Å². The summed E-state index contributed by atoms with van der Waals surface area (Å²) in [5, 5.41) is 3.55. The maximum absolute atomic E-state index is 4.05. The Labute approximate surface area is 95.3 Å². The smallest absolute Gasteiger partial charge is 0.0556 e. The summed E-state index contributed by atoms with van der Waals surface area (Å²) >= 11 is 0. The monoisotopic (exact) mass is 210 g/mol. The fraction of sp³-hybridized carbons (Fsp3) is 0.214. The van der Waals surface area contributed by atoms with Gasteiger partial charge in [0.1, 0.15) is 0 Å². The summed E-state index contributed by atoms with van der Waals surface area (Å²) in [7, 11) is 0. The summed E-state index contributed by atoms with van der Waals surface area (Å²) in [6.45, 7) is 2.14. The van der Waals surface area contributed by atoms with Gasteiger partial charge >= 0.3 is 0 Å². The lowest BCUT2D eigenvalue weighted by Crippen LogP contribution is -2.05. The van der Waals surface area contributed by atoms with Gasteiger partial charge in [0.15, 0.2) is 0 Å². The van der Waals surface area contributed by atoms with Crippen LogP contribution in [0.1, 0.15) is 22.7 Å². The van der Waals surface area contributed by atoms with E-state index in [2.05, 4.69) is 47.6 Å². The van der Waals surface area contributed by atoms with E-state index in [1.165, 1.54) is 22.4 Å². The molecule has 2 nitrogen and oxygen atoms in total. The highest BCUT2D eigenvalue weighted by Gasteiger charge is 2.21. The van der Waals surface area contributed by atoms with E-state index in [4.69, 9.17) is 0 Å². The Balaban J connectivity index is 1.91. The lowest BCUT2D eigenvalue weighted by Gasteiger charge is -2.10. The fourth-order valence-electron chi connectivity index (χ4n) is 2.29. The Morgan fingerprint density at radius 1 is 1.19 bits per heavy atom. The quantitative estimate of drug-likeness (QED) is 0.782. The van der Waals surface area contributed by atoms with E-state index in [1.807, 2.05) is 12.4 Å². The first-order valence-corrected chi connectivity index (χ1v) is 5.59. The molecule has 1 aliphatic rings. The Bertz CT molecular complexity index is 505. The maximum Gasteiger partial charge on any atom is 0.0556 e. The number of benzene rings is 1. The van der Waals surface area contributed by atoms with Crippen LogP contribution >= 0.6 is 0 Å². The predicted molar refractivity (Wildman–Crippen MR) is 65.5 cm³/mol. The summed E-state index contributed by atoms with van der Waals surface area (Å²) in [6, 6.07) is 11.2. The average molecular weight is 210 g/mol. The van der Waals surface area contributed by atoms with Crippen molar-refractivity contribution in [2.24, 2.45) is 0 Å². The van der Waals surface area contributed by atoms with Crippen LogP contribution in [-0.2, 0) is 6.42 Å². The first kappa shape index (κ1) is 9.40. The van der Waals surface area contributed by atoms with Crippen molar-refractivity contribution in [1.29, 1.82) is 0 Å². The third-order valence-corrected chi connectivity index (χ3v) is 3.12. The van der Waals surface area contributed by atoms with Crippen LogP contribution in [-0.4, -0.2) is 4.98 Å². The number of hydrogen-bond acceptors (Lipinski definition) is 2. The van der Waals surface area contributed by atoms with Gasteiger partial charge in [0, 0.05) is 18.1 Å². The molecule has 0 bridgehead atoms. The molecule has 0 amide bonds. The van der Waals surface area contributed by atoms with Crippen LogP contribution in [0.5, 0.6) is 0 Å². The molecule has 0 aliphatic carbocycles. The molecule has 16 heavy (non-hydrogen) atoms. The molecule has 3 rings (SSSR count). The van der Waals surface area contributed by atoms with Crippen LogP contribution in [0, 0.1) is 6.92 Å². The molecule has 2 aromatic rings. The van der Waals surface area contributed by atoms with Crippen LogP contribution in [0.15, 0.2) is 42.7 Å². The van der Waals surface area contributed by atoms with E-state index < -0.39 is 0 Å². The van der Waals surface area contributed by atoms with Gasteiger partial charge in [-0.3, -0.25) is 4.98 Å². The molecule has 1 aromatic heterocycles. The van der Waals surface area contributed by atoms with E-state index in [0.29, 0.717) is 6.04 Å². The lowest BCUT2D eigenvalue weighted by molar-refractivity contribution is 0.821. The molecule has 0 spiro atoms. The van der Waals surface area contributed by atoms with Gasteiger partial charge in [-0.1, -0.05) is 17.7 Å². The molecule has 1 aliphatic heterocycles. The van der Waals surface area contributed by atoms with Crippen molar-refractivity contribution < 1.29 is 0 Å². The van der Waals surface area contributed by atoms with Crippen molar-refractivity contribution in [1.82, 2.24) is 4.98 Å². The van der Waals surface area contributed by atoms with Crippen molar-refractivity contribution in [3.63, 3.8) is 0 Å². The van der Waals surface area contributed by atoms with E-state index in [1.54, 1.807) is 0 Å². The minimum atomic E-state index is 0.403. The maximum atomic E-state index is 4.05. The lowest BCUT2D eigenvalue weighted by atomic mass is 10.0. The van der Waals surface area contributed by atoms with Gasteiger partial charge in [-0.05, 0) is 42.7 Å². The zero-order valence-electron chi connectivity index (χ0n) is 9.27. The van der Waals surface area contributed by atoms with Crippen molar-refractivity contribution in [3.8, 4) is 0 Å². The Kier molecular flexibility index (Phi) is 2.13. The highest BCUT2D eigenvalue weighted by molar-refractivity contribution is 5.59. The number of fused-ring (bicyclic) bond motifs is 1. The Hall–Kier alpha value is -1.83. The molecule has 2 heteroatoms. The molecule has 2 heterocycles. The molecular weight excluding hydrogens is 196 g/mol. The van der Waals surface area contributed by atoms with Crippen LogP contribution in [0.4, 0.5) is 5.69 Å². The second kappa shape index (κ2) is 3.63. The predicted octanol–water partition coefficient (Wildman–Crippen LogP) is 3.10. The van der Waals surface area contributed by atoms with E-state index in [-0.39, 0.29) is 0 Å². The number of nitrogens with one attached hydrogen (secondary N) is 1. The highest BCUT2D eigenvalue weighted by Crippen LogP contribution is 2.34. The molecule has 1 aromatic carbocycles. The van der Waals surface area contributed by atoms with Gasteiger partial charge in [-0.15, -0.1) is 0 Å². The standard InChI is InChI=1S/C14H14N2/c1-10-2-3-13-12(8-10)9-14(16-13)11-4-6-15-7-5-11/h2-8,14,16H,9H2,1H3. The molecule has 1 N–H and O–H groups in total. The fourth-order valence-corrected chi connectivity index (χ4v) is 2.29. The SMILES string of the molecule is Cc1ccc2c(c1)CC(c1ccncc1)N2. The topological polar surface area (TPSA) is 24.9 Å². The van der Waals surface area contributed by atoms with Crippen molar-refractivity contribution in [2.45, 2.75) is 19.4 Å². The zero-order chi connectivity index (χ0) is 11.0. The second-order valence-electron chi connectivity index (χ2n) is 4.34. The highest BCUT2D eigenvalue weighted by atomic mass is 14.9. The minimum absolute atomic E-state index is 0.403. The van der Waals surface area contributed by atoms with E-state index in [0.717, 1.165) is 6.42 Å².